The van der Waals surface area contributed by atoms with Crippen molar-refractivity contribution in [3.63, 3.8) is 0 Å². The Kier molecular flexibility index (Phi) is 11.9. The maximum absolute atomic E-state index is 8.45. The van der Waals surface area contributed by atoms with Gasteiger partial charge >= 0.3 is 0 Å². The van der Waals surface area contributed by atoms with Gasteiger partial charge in [-0.25, -0.2) is 9.13 Å². The van der Waals surface area contributed by atoms with E-state index in [2.05, 4.69) is 10.3 Å². The van der Waals surface area contributed by atoms with Crippen molar-refractivity contribution in [2.45, 2.75) is 13.1 Å². The zero-order valence-electron chi connectivity index (χ0n) is 13.4. The molecule has 25 heavy (non-hydrogen) atoms. The average Bonchev–Trinajstić information content (AvgIpc) is 2.58. The van der Waals surface area contributed by atoms with Crippen LogP contribution >= 0.6 is 0 Å². The summed E-state index contributed by atoms with van der Waals surface area (Å²) in [6, 6.07) is 7.47. The summed E-state index contributed by atoms with van der Waals surface area (Å²) in [7, 11) is 0. The minimum absolute atomic E-state index is 0. The molecule has 0 saturated heterocycles. The van der Waals surface area contributed by atoms with Gasteiger partial charge in [0.05, 0.1) is 12.4 Å². The first-order valence-corrected chi connectivity index (χ1v) is 7.22. The molecule has 2 heterocycles. The van der Waals surface area contributed by atoms with Crippen LogP contribution < -0.4 is 33.9 Å². The number of nitrogens with zero attached hydrogens (tertiary/aromatic N) is 4. The Morgan fingerprint density at radius 1 is 0.760 bits per heavy atom. The molecule has 7 nitrogen and oxygen atoms in total. The van der Waals surface area contributed by atoms with Gasteiger partial charge in [-0.15, -0.1) is 0 Å². The molecule has 9 heteroatoms. The predicted octanol–water partition coefficient (Wildman–Crippen LogP) is -5.40. The van der Waals surface area contributed by atoms with Crippen LogP contribution in [0.25, 0.3) is 0 Å². The van der Waals surface area contributed by atoms with Gasteiger partial charge in [0.2, 0.25) is 0 Å². The second kappa shape index (κ2) is 13.1. The molecule has 0 bridgehead atoms. The van der Waals surface area contributed by atoms with Gasteiger partial charge in [0.15, 0.2) is 37.9 Å². The van der Waals surface area contributed by atoms with Gasteiger partial charge < -0.3 is 40.0 Å². The molecular weight excluding hydrogens is 367 g/mol. The summed E-state index contributed by atoms with van der Waals surface area (Å²) >= 11 is 0. The third kappa shape index (κ3) is 8.44. The third-order valence-electron chi connectivity index (χ3n) is 3.24. The van der Waals surface area contributed by atoms with E-state index >= 15 is 0 Å². The lowest BCUT2D eigenvalue weighted by Crippen LogP contribution is -3.00. The Balaban J connectivity index is 0.00000288. The number of hydrogen-bond acceptors (Lipinski definition) is 5. The number of rotatable bonds is 8. The Morgan fingerprint density at radius 3 is 1.44 bits per heavy atom. The van der Waals surface area contributed by atoms with Gasteiger partial charge in [0.1, 0.15) is 13.2 Å². The van der Waals surface area contributed by atoms with Crippen LogP contribution in [-0.4, -0.2) is 36.1 Å². The normalized spacial score (nSPS) is 10.6. The molecule has 0 spiro atoms. The zero-order chi connectivity index (χ0) is 16.3. The first-order valence-electron chi connectivity index (χ1n) is 7.22. The molecule has 0 aliphatic heterocycles. The van der Waals surface area contributed by atoms with Crippen LogP contribution in [0.5, 0.6) is 0 Å². The molecule has 0 unspecified atom stereocenters. The van der Waals surface area contributed by atoms with E-state index in [4.69, 9.17) is 15.2 Å². The number of pyridine rings is 2. The minimum atomic E-state index is 0. The average molecular weight is 387 g/mol. The topological polar surface area (TPSA) is 82.2 Å². The quantitative estimate of drug-likeness (QED) is 0.156. The summed E-state index contributed by atoms with van der Waals surface area (Å²) < 4.78 is 9.63. The van der Waals surface area contributed by atoms with Crippen LogP contribution in [-0.2, 0) is 17.8 Å². The first kappa shape index (κ1) is 22.8. The summed E-state index contributed by atoms with van der Waals surface area (Å²) in [4.78, 5) is 0. The van der Waals surface area contributed by atoms with Crippen molar-refractivity contribution in [3.8, 4) is 0 Å². The smallest absolute Gasteiger partial charge is 0.171 e. The summed E-state index contributed by atoms with van der Waals surface area (Å²) in [5.74, 6) is 0. The highest BCUT2D eigenvalue weighted by Crippen LogP contribution is 1.91. The van der Waals surface area contributed by atoms with Crippen molar-refractivity contribution >= 4 is 12.4 Å². The number of halogens is 2. The van der Waals surface area contributed by atoms with Crippen LogP contribution in [0.15, 0.2) is 59.4 Å². The minimum Gasteiger partial charge on any atom is -1.00 e. The lowest BCUT2D eigenvalue weighted by molar-refractivity contribution is -0.705. The molecule has 0 aliphatic carbocycles. The summed E-state index contributed by atoms with van der Waals surface area (Å²) in [6.07, 6.45) is 10.4. The molecular formula is C16H20Cl2N4O3. The largest absolute Gasteiger partial charge is 1.00 e. The number of hydrogen-bond donors (Lipinski definition) is 2. The van der Waals surface area contributed by atoms with Crippen LogP contribution in [0.1, 0.15) is 11.1 Å². The Morgan fingerprint density at radius 2 is 1.12 bits per heavy atom. The SMILES string of the molecule is O/N=C/c1cc[n+](CCOCC[n+]2ccc(/C=N/O)cc2)cc1.[Cl-].[Cl-]. The van der Waals surface area contributed by atoms with E-state index in [0.717, 1.165) is 24.2 Å². The standard InChI is InChI=1S/C16H18N4O3.2ClH/c21-17-13-15-1-5-19(6-2-15)9-11-23-12-10-20-7-3-16(4-8-20)14-18-22;;/h1-8,13-14H,9-12H2;2*1H. The van der Waals surface area contributed by atoms with E-state index in [9.17, 15) is 0 Å². The van der Waals surface area contributed by atoms with E-state index in [1.807, 2.05) is 58.2 Å². The molecule has 2 aromatic heterocycles. The van der Waals surface area contributed by atoms with Crippen molar-refractivity contribution in [2.75, 3.05) is 13.2 Å². The summed E-state index contributed by atoms with van der Waals surface area (Å²) in [5.41, 5.74) is 1.69. The van der Waals surface area contributed by atoms with Gasteiger partial charge in [0.25, 0.3) is 0 Å². The van der Waals surface area contributed by atoms with Crippen LogP contribution in [0, 0.1) is 0 Å². The van der Waals surface area contributed by atoms with E-state index in [0.29, 0.717) is 13.2 Å². The third-order valence-corrected chi connectivity index (χ3v) is 3.24. The fourth-order valence-electron chi connectivity index (χ4n) is 1.98. The Bertz CT molecular complexity index is 592. The van der Waals surface area contributed by atoms with Gasteiger partial charge in [-0.1, -0.05) is 10.3 Å². The van der Waals surface area contributed by atoms with Crippen molar-refractivity contribution in [2.24, 2.45) is 10.3 Å². The highest BCUT2D eigenvalue weighted by Gasteiger charge is 2.03. The van der Waals surface area contributed by atoms with Crippen LogP contribution in [0.2, 0.25) is 0 Å². The highest BCUT2D eigenvalue weighted by molar-refractivity contribution is 5.78. The highest BCUT2D eigenvalue weighted by atomic mass is 35.5. The molecule has 136 valence electrons. The van der Waals surface area contributed by atoms with E-state index < -0.39 is 0 Å². The van der Waals surface area contributed by atoms with Crippen molar-refractivity contribution < 1.29 is 49.1 Å². The van der Waals surface area contributed by atoms with Crippen molar-refractivity contribution in [1.29, 1.82) is 0 Å². The van der Waals surface area contributed by atoms with Gasteiger partial charge in [-0.05, 0) is 0 Å². The fourth-order valence-corrected chi connectivity index (χ4v) is 1.98. The maximum atomic E-state index is 8.45. The molecule has 2 rings (SSSR count). The van der Waals surface area contributed by atoms with Gasteiger partial charge in [-0.2, -0.15) is 0 Å². The molecule has 0 radical (unpaired) electrons. The zero-order valence-corrected chi connectivity index (χ0v) is 15.0. The van der Waals surface area contributed by atoms with Gasteiger partial charge in [-0.3, -0.25) is 0 Å². The second-order valence-electron chi connectivity index (χ2n) is 4.84. The maximum Gasteiger partial charge on any atom is 0.171 e. The fraction of sp³-hybridized carbons (Fsp3) is 0.250. The molecule has 0 aliphatic rings. The Labute approximate surface area is 158 Å². The van der Waals surface area contributed by atoms with E-state index in [1.54, 1.807) is 0 Å². The number of oxime groups is 2. The van der Waals surface area contributed by atoms with E-state index in [1.165, 1.54) is 12.4 Å². The second-order valence-corrected chi connectivity index (χ2v) is 4.84. The van der Waals surface area contributed by atoms with Crippen LogP contribution in [0.4, 0.5) is 0 Å². The molecule has 0 fully saturated rings. The van der Waals surface area contributed by atoms with Gasteiger partial charge in [0, 0.05) is 35.4 Å². The van der Waals surface area contributed by atoms with E-state index in [-0.39, 0.29) is 24.8 Å². The lowest BCUT2D eigenvalue weighted by Gasteiger charge is -2.01. The summed E-state index contributed by atoms with van der Waals surface area (Å²) in [6.45, 7) is 2.75. The molecule has 0 atom stereocenters. The van der Waals surface area contributed by atoms with Crippen LogP contribution in [0.3, 0.4) is 0 Å². The Hall–Kier alpha value is -2.22. The lowest BCUT2D eigenvalue weighted by atomic mass is 10.3. The number of ether oxygens (including phenoxy) is 1. The monoisotopic (exact) mass is 386 g/mol. The molecule has 2 N–H and O–H groups in total. The first-order chi connectivity index (χ1) is 11.3. The number of aromatic nitrogens is 2. The molecule has 0 saturated carbocycles. The van der Waals surface area contributed by atoms with Crippen molar-refractivity contribution in [1.82, 2.24) is 0 Å². The molecule has 2 aromatic rings. The van der Waals surface area contributed by atoms with Crippen molar-refractivity contribution in [3.05, 3.63) is 60.2 Å². The summed E-state index contributed by atoms with van der Waals surface area (Å²) in [5, 5.41) is 22.9. The predicted molar refractivity (Wildman–Crippen MR) is 82.9 cm³/mol. The molecule has 0 amide bonds. The molecule has 0 aromatic carbocycles.